The van der Waals surface area contributed by atoms with Crippen LogP contribution in [0.2, 0.25) is 0 Å². The molecule has 1 unspecified atom stereocenters. The molecule has 164 valence electrons. The van der Waals surface area contributed by atoms with Crippen molar-refractivity contribution in [1.82, 2.24) is 10.6 Å². The van der Waals surface area contributed by atoms with Crippen molar-refractivity contribution in [3.63, 3.8) is 0 Å². The van der Waals surface area contributed by atoms with Gasteiger partial charge in [-0.05, 0) is 88.5 Å². The number of carbonyl (C=O) groups is 5. The summed E-state index contributed by atoms with van der Waals surface area (Å²) in [7, 11) is 0. The van der Waals surface area contributed by atoms with Gasteiger partial charge in [-0.1, -0.05) is 12.1 Å². The molecule has 0 aliphatic heterocycles. The standard InChI is InChI=1S/C11H11IN2O3.C9H9IN2O2/c1-6(15)9(10(13)16)14-11(17)7-3-2-4-8(12)5-7;10-7-3-1-2-6(4-7)9(14)12-5-8(11)13/h2-5,9H,1H3,(H2,13,16)(H,14,17);1-4H,5H2,(H2,11,13)(H,12,14). The van der Waals surface area contributed by atoms with Gasteiger partial charge in [0.2, 0.25) is 11.8 Å². The highest BCUT2D eigenvalue weighted by Crippen LogP contribution is 2.08. The van der Waals surface area contributed by atoms with E-state index in [1.807, 2.05) is 12.1 Å². The lowest BCUT2D eigenvalue weighted by Gasteiger charge is -2.12. The molecule has 0 radical (unpaired) electrons. The van der Waals surface area contributed by atoms with Crippen molar-refractivity contribution in [2.24, 2.45) is 11.5 Å². The Balaban J connectivity index is 0.000000316. The number of Topliss-reactive ketones (excluding diaryl/α,β-unsaturated/α-hetero) is 1. The molecule has 0 saturated carbocycles. The second-order valence-electron chi connectivity index (χ2n) is 6.09. The Morgan fingerprint density at radius 2 is 1.35 bits per heavy atom. The molecule has 6 N–H and O–H groups in total. The minimum Gasteiger partial charge on any atom is -0.368 e. The Morgan fingerprint density at radius 3 is 1.74 bits per heavy atom. The first-order valence-corrected chi connectivity index (χ1v) is 10.8. The molecule has 9 nitrogen and oxygen atoms in total. The molecular formula is C20H20I2N4O5. The van der Waals surface area contributed by atoms with Crippen LogP contribution in [0.25, 0.3) is 0 Å². The average molecular weight is 650 g/mol. The van der Waals surface area contributed by atoms with Crippen molar-refractivity contribution in [3.05, 3.63) is 66.8 Å². The van der Waals surface area contributed by atoms with Crippen LogP contribution in [0.4, 0.5) is 0 Å². The lowest BCUT2D eigenvalue weighted by Crippen LogP contribution is -2.48. The van der Waals surface area contributed by atoms with Crippen molar-refractivity contribution < 1.29 is 24.0 Å². The van der Waals surface area contributed by atoms with E-state index >= 15 is 0 Å². The van der Waals surface area contributed by atoms with Gasteiger partial charge in [0.15, 0.2) is 11.8 Å². The number of primary amides is 2. The molecular weight excluding hydrogens is 630 g/mol. The predicted octanol–water partition coefficient (Wildman–Crippen LogP) is 0.970. The number of ketones is 1. The van der Waals surface area contributed by atoms with Gasteiger partial charge in [0, 0.05) is 18.3 Å². The van der Waals surface area contributed by atoms with Crippen LogP contribution < -0.4 is 22.1 Å². The monoisotopic (exact) mass is 650 g/mol. The van der Waals surface area contributed by atoms with Gasteiger partial charge in [-0.2, -0.15) is 0 Å². The topological polar surface area (TPSA) is 161 Å². The Kier molecular flexibility index (Phi) is 11.1. The highest BCUT2D eigenvalue weighted by Gasteiger charge is 2.23. The van der Waals surface area contributed by atoms with Gasteiger partial charge in [0.1, 0.15) is 0 Å². The lowest BCUT2D eigenvalue weighted by molar-refractivity contribution is -0.128. The van der Waals surface area contributed by atoms with E-state index in [0.29, 0.717) is 11.1 Å². The zero-order chi connectivity index (χ0) is 23.6. The quantitative estimate of drug-likeness (QED) is 0.259. The molecule has 0 aromatic heterocycles. The van der Waals surface area contributed by atoms with Crippen LogP contribution in [0.3, 0.4) is 0 Å². The van der Waals surface area contributed by atoms with Gasteiger partial charge in [-0.25, -0.2) is 0 Å². The minimum atomic E-state index is -1.28. The van der Waals surface area contributed by atoms with Crippen LogP contribution in [0.5, 0.6) is 0 Å². The number of nitrogens with one attached hydrogen (secondary N) is 2. The fourth-order valence-electron chi connectivity index (χ4n) is 2.12. The summed E-state index contributed by atoms with van der Waals surface area (Å²) in [5, 5.41) is 4.70. The second kappa shape index (κ2) is 13.0. The molecule has 0 fully saturated rings. The average Bonchev–Trinajstić information content (AvgIpc) is 2.70. The van der Waals surface area contributed by atoms with E-state index in [1.54, 1.807) is 36.4 Å². The van der Waals surface area contributed by atoms with Gasteiger partial charge < -0.3 is 22.1 Å². The van der Waals surface area contributed by atoms with Crippen LogP contribution in [0.15, 0.2) is 48.5 Å². The molecule has 11 heteroatoms. The maximum absolute atomic E-state index is 11.7. The van der Waals surface area contributed by atoms with Crippen LogP contribution in [0.1, 0.15) is 27.6 Å². The molecule has 0 bridgehead atoms. The third-order valence-electron chi connectivity index (χ3n) is 3.56. The predicted molar refractivity (Wildman–Crippen MR) is 131 cm³/mol. The largest absolute Gasteiger partial charge is 0.368 e. The fraction of sp³-hybridized carbons (Fsp3) is 0.150. The summed E-state index contributed by atoms with van der Waals surface area (Å²) < 4.78 is 1.85. The van der Waals surface area contributed by atoms with E-state index in [2.05, 4.69) is 55.8 Å². The zero-order valence-electron chi connectivity index (χ0n) is 16.4. The summed E-state index contributed by atoms with van der Waals surface area (Å²) in [5.41, 5.74) is 10.8. The van der Waals surface area contributed by atoms with E-state index in [0.717, 1.165) is 7.14 Å². The first-order valence-electron chi connectivity index (χ1n) is 8.69. The summed E-state index contributed by atoms with van der Waals surface area (Å²) in [6.45, 7) is 1.06. The van der Waals surface area contributed by atoms with Gasteiger partial charge in [0.05, 0.1) is 6.54 Å². The Morgan fingerprint density at radius 1 is 0.871 bits per heavy atom. The second-order valence-corrected chi connectivity index (χ2v) is 8.58. The maximum Gasteiger partial charge on any atom is 0.252 e. The summed E-state index contributed by atoms with van der Waals surface area (Å²) >= 11 is 4.17. The molecule has 0 spiro atoms. The van der Waals surface area contributed by atoms with E-state index in [4.69, 9.17) is 11.5 Å². The van der Waals surface area contributed by atoms with Crippen molar-refractivity contribution in [1.29, 1.82) is 0 Å². The summed E-state index contributed by atoms with van der Waals surface area (Å²) in [6, 6.07) is 12.6. The SMILES string of the molecule is CC(=O)C(NC(=O)c1cccc(I)c1)C(N)=O.NC(=O)CNC(=O)c1cccc(I)c1. The lowest BCUT2D eigenvalue weighted by atomic mass is 10.1. The third kappa shape index (κ3) is 9.87. The Hall–Kier alpha value is -2.55. The molecule has 2 aromatic rings. The molecule has 0 saturated heterocycles. The first-order chi connectivity index (χ1) is 14.5. The first kappa shape index (κ1) is 26.5. The number of halogens is 2. The van der Waals surface area contributed by atoms with Gasteiger partial charge in [-0.3, -0.25) is 24.0 Å². The number of amides is 4. The van der Waals surface area contributed by atoms with Crippen LogP contribution in [-0.2, 0) is 14.4 Å². The molecule has 0 aliphatic rings. The number of carbonyl (C=O) groups excluding carboxylic acids is 5. The highest BCUT2D eigenvalue weighted by atomic mass is 127. The molecule has 0 heterocycles. The molecule has 2 aromatic carbocycles. The highest BCUT2D eigenvalue weighted by molar-refractivity contribution is 14.1. The number of benzene rings is 2. The minimum absolute atomic E-state index is 0.135. The van der Waals surface area contributed by atoms with E-state index in [1.165, 1.54) is 6.92 Å². The fourth-order valence-corrected chi connectivity index (χ4v) is 3.20. The molecule has 2 rings (SSSR count). The Labute approximate surface area is 206 Å². The van der Waals surface area contributed by atoms with E-state index in [-0.39, 0.29) is 12.5 Å². The van der Waals surface area contributed by atoms with E-state index < -0.39 is 29.5 Å². The maximum atomic E-state index is 11.7. The van der Waals surface area contributed by atoms with Gasteiger partial charge in [0.25, 0.3) is 11.8 Å². The van der Waals surface area contributed by atoms with Crippen molar-refractivity contribution in [2.45, 2.75) is 13.0 Å². The molecule has 0 aliphatic carbocycles. The van der Waals surface area contributed by atoms with Crippen LogP contribution in [0, 0.1) is 7.14 Å². The Bertz CT molecular complexity index is 983. The zero-order valence-corrected chi connectivity index (χ0v) is 20.7. The van der Waals surface area contributed by atoms with Gasteiger partial charge in [-0.15, -0.1) is 0 Å². The van der Waals surface area contributed by atoms with Gasteiger partial charge >= 0.3 is 0 Å². The van der Waals surface area contributed by atoms with Crippen molar-refractivity contribution >= 4 is 74.6 Å². The molecule has 4 amide bonds. The summed E-state index contributed by atoms with van der Waals surface area (Å²) in [4.78, 5) is 55.6. The smallest absolute Gasteiger partial charge is 0.252 e. The number of nitrogens with two attached hydrogens (primary N) is 2. The number of hydrogen-bond acceptors (Lipinski definition) is 5. The van der Waals surface area contributed by atoms with Crippen molar-refractivity contribution in [3.8, 4) is 0 Å². The van der Waals surface area contributed by atoms with Crippen LogP contribution >= 0.6 is 45.2 Å². The van der Waals surface area contributed by atoms with E-state index in [9.17, 15) is 24.0 Å². The third-order valence-corrected chi connectivity index (χ3v) is 4.91. The normalized spacial score (nSPS) is 10.7. The molecule has 1 atom stereocenters. The summed E-state index contributed by atoms with van der Waals surface area (Å²) in [6.07, 6.45) is 0. The summed E-state index contributed by atoms with van der Waals surface area (Å²) in [5.74, 6) is -2.69. The number of hydrogen-bond donors (Lipinski definition) is 4. The number of rotatable bonds is 7. The molecule has 31 heavy (non-hydrogen) atoms. The van der Waals surface area contributed by atoms with Crippen LogP contribution in [-0.4, -0.2) is 42.0 Å². The van der Waals surface area contributed by atoms with Crippen molar-refractivity contribution in [2.75, 3.05) is 6.54 Å².